The number of benzene rings is 2. The number of hydrogen-bond acceptors (Lipinski definition) is 6. The molecule has 0 amide bonds. The lowest BCUT2D eigenvalue weighted by Gasteiger charge is -2.06. The largest absolute Gasteiger partial charge is 0.479 e. The van der Waals surface area contributed by atoms with E-state index in [2.05, 4.69) is 10.2 Å². The Balaban J connectivity index is 1.51. The first-order valence-corrected chi connectivity index (χ1v) is 7.61. The van der Waals surface area contributed by atoms with Crippen LogP contribution in [-0.4, -0.2) is 22.8 Å². The second kappa shape index (κ2) is 7.76. The van der Waals surface area contributed by atoms with Crippen molar-refractivity contribution in [2.75, 3.05) is 6.61 Å². The average Bonchev–Trinajstić information content (AvgIpc) is 3.09. The third-order valence-corrected chi connectivity index (χ3v) is 3.35. The Bertz CT molecular complexity index is 867. The monoisotopic (exact) mass is 362 g/mol. The molecule has 0 spiro atoms. The lowest BCUT2D eigenvalue weighted by atomic mass is 10.2. The number of ether oxygens (including phenoxy) is 2. The van der Waals surface area contributed by atoms with Crippen LogP contribution in [0.4, 0.5) is 4.39 Å². The molecule has 0 aliphatic rings. The van der Waals surface area contributed by atoms with E-state index >= 15 is 0 Å². The average molecular weight is 363 g/mol. The zero-order valence-corrected chi connectivity index (χ0v) is 13.6. The lowest BCUT2D eigenvalue weighted by molar-refractivity contribution is -0.148. The van der Waals surface area contributed by atoms with Gasteiger partial charge in [0, 0.05) is 10.6 Å². The lowest BCUT2D eigenvalue weighted by Crippen LogP contribution is -2.15. The Morgan fingerprint density at radius 1 is 1.12 bits per heavy atom. The summed E-state index contributed by atoms with van der Waals surface area (Å²) in [5, 5.41) is 8.25. The van der Waals surface area contributed by atoms with E-state index < -0.39 is 18.4 Å². The van der Waals surface area contributed by atoms with Gasteiger partial charge in [-0.25, -0.2) is 9.18 Å². The number of aromatic nitrogens is 2. The topological polar surface area (TPSA) is 74.5 Å². The number of halogens is 2. The summed E-state index contributed by atoms with van der Waals surface area (Å²) in [7, 11) is 0. The number of esters is 1. The molecular formula is C17H12ClFN2O4. The van der Waals surface area contributed by atoms with Gasteiger partial charge in [-0.1, -0.05) is 23.7 Å². The SMILES string of the molecule is O=C(COc1ccccc1F)OCc1nnc(-c2ccc(Cl)cc2)o1. The fourth-order valence-electron chi connectivity index (χ4n) is 1.90. The van der Waals surface area contributed by atoms with Crippen molar-refractivity contribution >= 4 is 17.6 Å². The van der Waals surface area contributed by atoms with Crippen LogP contribution in [0.1, 0.15) is 5.89 Å². The van der Waals surface area contributed by atoms with E-state index in [-0.39, 0.29) is 24.1 Å². The van der Waals surface area contributed by atoms with E-state index in [4.69, 9.17) is 25.5 Å². The third kappa shape index (κ3) is 4.54. The predicted octanol–water partition coefficient (Wildman–Crippen LogP) is 3.65. The summed E-state index contributed by atoms with van der Waals surface area (Å²) in [4.78, 5) is 11.6. The second-order valence-electron chi connectivity index (χ2n) is 4.89. The summed E-state index contributed by atoms with van der Waals surface area (Å²) in [5.74, 6) is -0.855. The highest BCUT2D eigenvalue weighted by Crippen LogP contribution is 2.20. The van der Waals surface area contributed by atoms with Crippen LogP contribution in [0.3, 0.4) is 0 Å². The van der Waals surface area contributed by atoms with Crippen LogP contribution in [0, 0.1) is 5.82 Å². The molecule has 0 aliphatic heterocycles. The van der Waals surface area contributed by atoms with Gasteiger partial charge in [-0.3, -0.25) is 0 Å². The van der Waals surface area contributed by atoms with Crippen LogP contribution in [-0.2, 0) is 16.1 Å². The van der Waals surface area contributed by atoms with Gasteiger partial charge in [0.15, 0.2) is 24.8 Å². The fourth-order valence-corrected chi connectivity index (χ4v) is 2.03. The first kappa shape index (κ1) is 16.9. The second-order valence-corrected chi connectivity index (χ2v) is 5.32. The molecule has 0 saturated heterocycles. The van der Waals surface area contributed by atoms with E-state index in [9.17, 15) is 9.18 Å². The minimum atomic E-state index is -0.686. The molecule has 0 saturated carbocycles. The molecule has 25 heavy (non-hydrogen) atoms. The number of hydrogen-bond donors (Lipinski definition) is 0. The van der Waals surface area contributed by atoms with Crippen LogP contribution in [0.2, 0.25) is 5.02 Å². The van der Waals surface area contributed by atoms with Crippen LogP contribution in [0.25, 0.3) is 11.5 Å². The van der Waals surface area contributed by atoms with Gasteiger partial charge >= 0.3 is 5.97 Å². The van der Waals surface area contributed by atoms with E-state index in [1.807, 2.05) is 0 Å². The minimum Gasteiger partial charge on any atom is -0.479 e. The van der Waals surface area contributed by atoms with Crippen LogP contribution in [0.5, 0.6) is 5.75 Å². The predicted molar refractivity (Wildman–Crippen MR) is 86.4 cm³/mol. The van der Waals surface area contributed by atoms with E-state index in [1.165, 1.54) is 18.2 Å². The number of para-hydroxylation sites is 1. The Kier molecular flexibility index (Phi) is 5.25. The van der Waals surface area contributed by atoms with Crippen molar-refractivity contribution in [1.29, 1.82) is 0 Å². The summed E-state index contributed by atoms with van der Waals surface area (Å²) in [6.07, 6.45) is 0. The number of nitrogens with zero attached hydrogens (tertiary/aromatic N) is 2. The summed E-state index contributed by atoms with van der Waals surface area (Å²) in [5.41, 5.74) is 0.692. The van der Waals surface area contributed by atoms with Crippen molar-refractivity contribution in [2.24, 2.45) is 0 Å². The Hall–Kier alpha value is -2.93. The van der Waals surface area contributed by atoms with Gasteiger partial charge in [-0.2, -0.15) is 0 Å². The van der Waals surface area contributed by atoms with Gasteiger partial charge in [0.25, 0.3) is 5.89 Å². The van der Waals surface area contributed by atoms with Gasteiger partial charge in [0.1, 0.15) is 0 Å². The number of carbonyl (C=O) groups is 1. The van der Waals surface area contributed by atoms with E-state index in [0.717, 1.165) is 0 Å². The summed E-state index contributed by atoms with van der Waals surface area (Å²) in [6, 6.07) is 12.6. The summed E-state index contributed by atoms with van der Waals surface area (Å²) < 4.78 is 28.8. The van der Waals surface area contributed by atoms with Crippen LogP contribution >= 0.6 is 11.6 Å². The first-order valence-electron chi connectivity index (χ1n) is 7.23. The molecule has 2 aromatic carbocycles. The Morgan fingerprint density at radius 2 is 1.88 bits per heavy atom. The molecule has 6 nitrogen and oxygen atoms in total. The zero-order chi connectivity index (χ0) is 17.6. The van der Waals surface area contributed by atoms with Gasteiger partial charge in [-0.05, 0) is 36.4 Å². The minimum absolute atomic E-state index is 0.0257. The number of rotatable bonds is 6. The highest BCUT2D eigenvalue weighted by atomic mass is 35.5. The maximum Gasteiger partial charge on any atom is 0.344 e. The Labute approximate surface area is 147 Å². The van der Waals surface area contributed by atoms with Gasteiger partial charge in [-0.15, -0.1) is 10.2 Å². The molecule has 0 fully saturated rings. The molecule has 0 N–H and O–H groups in total. The standard InChI is InChI=1S/C17H12ClFN2O4/c18-12-7-5-11(6-8-12)17-21-20-15(25-17)9-24-16(22)10-23-14-4-2-1-3-13(14)19/h1-8H,9-10H2. The van der Waals surface area contributed by atoms with Gasteiger partial charge < -0.3 is 13.9 Å². The van der Waals surface area contributed by atoms with Crippen molar-refractivity contribution < 1.29 is 23.1 Å². The zero-order valence-electron chi connectivity index (χ0n) is 12.8. The molecule has 0 aliphatic carbocycles. The smallest absolute Gasteiger partial charge is 0.344 e. The Morgan fingerprint density at radius 3 is 2.64 bits per heavy atom. The summed E-state index contributed by atoms with van der Waals surface area (Å²) in [6.45, 7) is -0.640. The molecule has 3 rings (SSSR count). The quantitative estimate of drug-likeness (QED) is 0.623. The van der Waals surface area contributed by atoms with Gasteiger partial charge in [0.2, 0.25) is 5.89 Å². The van der Waals surface area contributed by atoms with E-state index in [0.29, 0.717) is 10.6 Å². The molecule has 8 heteroatoms. The molecule has 0 bridgehead atoms. The summed E-state index contributed by atoms with van der Waals surface area (Å²) >= 11 is 5.81. The van der Waals surface area contributed by atoms with Gasteiger partial charge in [0.05, 0.1) is 0 Å². The third-order valence-electron chi connectivity index (χ3n) is 3.10. The molecule has 0 radical (unpaired) electrons. The normalized spacial score (nSPS) is 10.5. The fraction of sp³-hybridized carbons (Fsp3) is 0.118. The highest BCUT2D eigenvalue weighted by molar-refractivity contribution is 6.30. The maximum absolute atomic E-state index is 13.4. The number of carbonyl (C=O) groups excluding carboxylic acids is 1. The van der Waals surface area contributed by atoms with Crippen molar-refractivity contribution in [3.63, 3.8) is 0 Å². The molecule has 0 unspecified atom stereocenters. The van der Waals surface area contributed by atoms with Crippen LogP contribution in [0.15, 0.2) is 52.9 Å². The molecule has 1 heterocycles. The molecule has 3 aromatic rings. The molecule has 128 valence electrons. The van der Waals surface area contributed by atoms with Crippen molar-refractivity contribution in [3.8, 4) is 17.2 Å². The van der Waals surface area contributed by atoms with Crippen molar-refractivity contribution in [2.45, 2.75) is 6.61 Å². The van der Waals surface area contributed by atoms with Crippen molar-refractivity contribution in [1.82, 2.24) is 10.2 Å². The molecule has 1 aromatic heterocycles. The molecule has 0 atom stereocenters. The van der Waals surface area contributed by atoms with Crippen LogP contribution < -0.4 is 4.74 Å². The highest BCUT2D eigenvalue weighted by Gasteiger charge is 2.12. The van der Waals surface area contributed by atoms with E-state index in [1.54, 1.807) is 30.3 Å². The van der Waals surface area contributed by atoms with Crippen molar-refractivity contribution in [3.05, 3.63) is 65.3 Å². The first-order chi connectivity index (χ1) is 12.1. The molecular weight excluding hydrogens is 351 g/mol. The maximum atomic E-state index is 13.4.